The summed E-state index contributed by atoms with van der Waals surface area (Å²) in [5.74, 6) is 6.06. The molecule has 0 radical (unpaired) electrons. The molecule has 144 valence electrons. The third-order valence-electron chi connectivity index (χ3n) is 4.08. The number of benzene rings is 1. The normalized spacial score (nSPS) is 11.2. The Morgan fingerprint density at radius 1 is 1.25 bits per heavy atom. The van der Waals surface area contributed by atoms with E-state index in [1.165, 1.54) is 6.21 Å². The molecule has 9 N–H and O–H groups in total. The van der Waals surface area contributed by atoms with Crippen molar-refractivity contribution in [1.82, 2.24) is 15.3 Å². The Balaban J connectivity index is 1.69. The number of nitrogen functional groups attached to an aromatic ring is 3. The molecule has 2 heterocycles. The number of anilines is 3. The van der Waals surface area contributed by atoms with E-state index >= 15 is 0 Å². The van der Waals surface area contributed by atoms with Crippen LogP contribution in [-0.4, -0.2) is 16.2 Å². The molecule has 2 aromatic heterocycles. The van der Waals surface area contributed by atoms with Gasteiger partial charge in [-0.3, -0.25) is 0 Å². The maximum Gasteiger partial charge on any atom is 0.165 e. The van der Waals surface area contributed by atoms with Gasteiger partial charge in [0, 0.05) is 42.5 Å². The lowest BCUT2D eigenvalue weighted by molar-refractivity contribution is 0.861. The number of hydrogen-bond acceptors (Lipinski definition) is 9. The third-order valence-corrected chi connectivity index (χ3v) is 4.90. The standard InChI is InChI=1S/C19H22N8S/c20-9-13(7-15-8-16(21)26-18(27-23)17(15)22)11-24-10-12-2-1-3-14(6-12)19-25-4-5-28-19/h1-6,8-9,11,20,24H,7,10,22-23H2,(H3,21,26,27)/b13-11-,20-9?. The average molecular weight is 395 g/mol. The SMILES string of the molecule is N=C/C(=C\NCc1cccc(-c2nccs2)c1)Cc1cc(N)nc(NN)c1N. The maximum absolute atomic E-state index is 7.68. The minimum atomic E-state index is 0.313. The van der Waals surface area contributed by atoms with E-state index in [0.717, 1.165) is 27.3 Å². The summed E-state index contributed by atoms with van der Waals surface area (Å²) < 4.78 is 0. The van der Waals surface area contributed by atoms with Gasteiger partial charge in [-0.05, 0) is 28.8 Å². The molecular formula is C19H22N8S. The van der Waals surface area contributed by atoms with Crippen LogP contribution < -0.4 is 28.1 Å². The number of aromatic nitrogens is 2. The number of nitrogens with one attached hydrogen (secondary N) is 3. The quantitative estimate of drug-likeness (QED) is 0.195. The summed E-state index contributed by atoms with van der Waals surface area (Å²) in [6, 6.07) is 9.88. The van der Waals surface area contributed by atoms with E-state index in [9.17, 15) is 0 Å². The zero-order valence-electron chi connectivity index (χ0n) is 15.1. The van der Waals surface area contributed by atoms with E-state index in [1.807, 2.05) is 23.6 Å². The molecular weight excluding hydrogens is 372 g/mol. The van der Waals surface area contributed by atoms with Crippen molar-refractivity contribution < 1.29 is 0 Å². The zero-order chi connectivity index (χ0) is 19.9. The molecule has 0 saturated carbocycles. The molecule has 3 aromatic rings. The van der Waals surface area contributed by atoms with Gasteiger partial charge in [0.25, 0.3) is 0 Å². The fourth-order valence-electron chi connectivity index (χ4n) is 2.73. The first-order chi connectivity index (χ1) is 13.6. The van der Waals surface area contributed by atoms with Crippen molar-refractivity contribution in [2.45, 2.75) is 13.0 Å². The van der Waals surface area contributed by atoms with Gasteiger partial charge in [-0.1, -0.05) is 18.2 Å². The molecule has 0 aliphatic carbocycles. The summed E-state index contributed by atoms with van der Waals surface area (Å²) in [5, 5.41) is 13.9. The molecule has 0 amide bonds. The van der Waals surface area contributed by atoms with Gasteiger partial charge >= 0.3 is 0 Å². The van der Waals surface area contributed by atoms with Crippen LogP contribution in [0, 0.1) is 5.41 Å². The summed E-state index contributed by atoms with van der Waals surface area (Å²) in [6.07, 6.45) is 5.31. The molecule has 0 fully saturated rings. The Hall–Kier alpha value is -3.43. The van der Waals surface area contributed by atoms with Crippen LogP contribution in [0.25, 0.3) is 10.6 Å². The molecule has 1 aromatic carbocycles. The van der Waals surface area contributed by atoms with Crippen molar-refractivity contribution in [1.29, 1.82) is 5.41 Å². The molecule has 3 rings (SSSR count). The van der Waals surface area contributed by atoms with Gasteiger partial charge in [-0.2, -0.15) is 0 Å². The minimum absolute atomic E-state index is 0.313. The predicted molar refractivity (Wildman–Crippen MR) is 116 cm³/mol. The van der Waals surface area contributed by atoms with Crippen LogP contribution in [-0.2, 0) is 13.0 Å². The Kier molecular flexibility index (Phi) is 6.20. The average Bonchev–Trinajstić information content (AvgIpc) is 3.24. The second kappa shape index (κ2) is 8.98. The minimum Gasteiger partial charge on any atom is -0.395 e. The number of nitrogens with two attached hydrogens (primary N) is 3. The Bertz CT molecular complexity index is 982. The molecule has 8 nitrogen and oxygen atoms in total. The van der Waals surface area contributed by atoms with E-state index < -0.39 is 0 Å². The summed E-state index contributed by atoms with van der Waals surface area (Å²) in [6.45, 7) is 0.625. The van der Waals surface area contributed by atoms with Gasteiger partial charge in [0.2, 0.25) is 0 Å². The van der Waals surface area contributed by atoms with Crippen LogP contribution >= 0.6 is 11.3 Å². The molecule has 9 heteroatoms. The van der Waals surface area contributed by atoms with Crippen LogP contribution in [0.3, 0.4) is 0 Å². The lowest BCUT2D eigenvalue weighted by Crippen LogP contribution is -2.14. The van der Waals surface area contributed by atoms with Crippen LogP contribution in [0.4, 0.5) is 17.3 Å². The van der Waals surface area contributed by atoms with Gasteiger partial charge in [0.15, 0.2) is 5.82 Å². The summed E-state index contributed by atoms with van der Waals surface area (Å²) in [5.41, 5.74) is 18.4. The zero-order valence-corrected chi connectivity index (χ0v) is 16.0. The second-order valence-corrected chi connectivity index (χ2v) is 6.97. The fourth-order valence-corrected chi connectivity index (χ4v) is 3.37. The van der Waals surface area contributed by atoms with Crippen LogP contribution in [0.2, 0.25) is 0 Å². The molecule has 28 heavy (non-hydrogen) atoms. The van der Waals surface area contributed by atoms with Crippen molar-refractivity contribution >= 4 is 34.9 Å². The number of nitrogens with zero attached hydrogens (tertiary/aromatic N) is 2. The number of rotatable bonds is 8. The number of hydrazine groups is 1. The Morgan fingerprint density at radius 2 is 2.11 bits per heavy atom. The molecule has 0 bridgehead atoms. The highest BCUT2D eigenvalue weighted by Gasteiger charge is 2.09. The highest BCUT2D eigenvalue weighted by atomic mass is 32.1. The van der Waals surface area contributed by atoms with E-state index in [2.05, 4.69) is 26.8 Å². The van der Waals surface area contributed by atoms with Crippen molar-refractivity contribution in [3.63, 3.8) is 0 Å². The Labute approximate surface area is 167 Å². The molecule has 0 unspecified atom stereocenters. The van der Waals surface area contributed by atoms with Crippen LogP contribution in [0.5, 0.6) is 0 Å². The molecule has 0 spiro atoms. The number of pyridine rings is 1. The Morgan fingerprint density at radius 3 is 2.82 bits per heavy atom. The first kappa shape index (κ1) is 19.3. The van der Waals surface area contributed by atoms with Gasteiger partial charge in [-0.25, -0.2) is 15.8 Å². The lowest BCUT2D eigenvalue weighted by Gasteiger charge is -2.12. The second-order valence-electron chi connectivity index (χ2n) is 6.07. The summed E-state index contributed by atoms with van der Waals surface area (Å²) >= 11 is 1.61. The van der Waals surface area contributed by atoms with Crippen molar-refractivity contribution in [2.75, 3.05) is 16.9 Å². The highest BCUT2D eigenvalue weighted by molar-refractivity contribution is 7.13. The molecule has 0 saturated heterocycles. The van der Waals surface area contributed by atoms with E-state index in [0.29, 0.717) is 30.3 Å². The first-order valence-electron chi connectivity index (χ1n) is 8.54. The van der Waals surface area contributed by atoms with E-state index in [4.69, 9.17) is 22.7 Å². The van der Waals surface area contributed by atoms with Crippen LogP contribution in [0.1, 0.15) is 11.1 Å². The van der Waals surface area contributed by atoms with Gasteiger partial charge in [0.1, 0.15) is 10.8 Å². The lowest BCUT2D eigenvalue weighted by atomic mass is 10.1. The maximum atomic E-state index is 7.68. The number of thiazole rings is 1. The van der Waals surface area contributed by atoms with Crippen molar-refractivity contribution in [2.24, 2.45) is 5.84 Å². The largest absolute Gasteiger partial charge is 0.395 e. The summed E-state index contributed by atoms with van der Waals surface area (Å²) in [7, 11) is 0. The number of allylic oxidation sites excluding steroid dienone is 1. The van der Waals surface area contributed by atoms with Gasteiger partial charge in [-0.15, -0.1) is 11.3 Å². The predicted octanol–water partition coefficient (Wildman–Crippen LogP) is 2.52. The van der Waals surface area contributed by atoms with Crippen molar-refractivity contribution in [3.05, 3.63) is 64.8 Å². The molecule has 0 aliphatic rings. The van der Waals surface area contributed by atoms with E-state index in [-0.39, 0.29) is 0 Å². The number of hydrogen-bond donors (Lipinski definition) is 6. The fraction of sp³-hybridized carbons (Fsp3) is 0.105. The summed E-state index contributed by atoms with van der Waals surface area (Å²) in [4.78, 5) is 8.38. The van der Waals surface area contributed by atoms with E-state index in [1.54, 1.807) is 29.8 Å². The van der Waals surface area contributed by atoms with Gasteiger partial charge in [0.05, 0.1) is 5.69 Å². The highest BCUT2D eigenvalue weighted by Crippen LogP contribution is 2.24. The first-order valence-corrected chi connectivity index (χ1v) is 9.42. The van der Waals surface area contributed by atoms with Gasteiger partial charge < -0.3 is 27.6 Å². The monoisotopic (exact) mass is 394 g/mol. The van der Waals surface area contributed by atoms with Crippen molar-refractivity contribution in [3.8, 4) is 10.6 Å². The molecule has 0 atom stereocenters. The molecule has 0 aliphatic heterocycles. The third kappa shape index (κ3) is 4.64. The van der Waals surface area contributed by atoms with Crippen LogP contribution in [0.15, 0.2) is 53.7 Å². The topological polar surface area (TPSA) is 152 Å². The smallest absolute Gasteiger partial charge is 0.165 e.